The molecule has 2 heterocycles. The zero-order chi connectivity index (χ0) is 11.1. The summed E-state index contributed by atoms with van der Waals surface area (Å²) in [6.07, 6.45) is 5.50. The molecule has 0 saturated heterocycles. The summed E-state index contributed by atoms with van der Waals surface area (Å²) >= 11 is 3.55. The fourth-order valence-electron chi connectivity index (χ4n) is 1.79. The molecule has 0 unspecified atom stereocenters. The van der Waals surface area contributed by atoms with Crippen LogP contribution in [0.3, 0.4) is 0 Å². The zero-order valence-electron chi connectivity index (χ0n) is 8.61. The Kier molecular flexibility index (Phi) is 2.07. The van der Waals surface area contributed by atoms with E-state index in [2.05, 4.69) is 44.2 Å². The molecular weight excluding hydrogens is 268 g/mol. The van der Waals surface area contributed by atoms with Crippen molar-refractivity contribution in [3.63, 3.8) is 0 Å². The van der Waals surface area contributed by atoms with E-state index in [0.29, 0.717) is 0 Å². The van der Waals surface area contributed by atoms with Gasteiger partial charge >= 0.3 is 0 Å². The van der Waals surface area contributed by atoms with E-state index >= 15 is 0 Å². The molecule has 5 heteroatoms. The first kappa shape index (κ1) is 9.59. The normalized spacial score (nSPS) is 11.1. The average molecular weight is 277 g/mol. The maximum Gasteiger partial charge on any atom is 0.0697 e. The number of hydrogen-bond acceptors (Lipinski definition) is 2. The maximum absolute atomic E-state index is 3.98. The van der Waals surface area contributed by atoms with Crippen LogP contribution in [0.5, 0.6) is 0 Å². The summed E-state index contributed by atoms with van der Waals surface area (Å²) in [6.45, 7) is 2.08. The molecule has 0 radical (unpaired) electrons. The Bertz CT molecular complexity index is 639. The highest BCUT2D eigenvalue weighted by Gasteiger charge is 2.07. The van der Waals surface area contributed by atoms with Crippen molar-refractivity contribution in [2.75, 3.05) is 0 Å². The van der Waals surface area contributed by atoms with Crippen LogP contribution < -0.4 is 0 Å². The Balaban J connectivity index is 2.32. The molecule has 0 atom stereocenters. The molecule has 0 spiro atoms. The summed E-state index contributed by atoms with van der Waals surface area (Å²) in [5, 5.41) is 8.99. The second kappa shape index (κ2) is 3.45. The second-order valence-corrected chi connectivity index (χ2v) is 4.52. The smallest absolute Gasteiger partial charge is 0.0697 e. The molecule has 0 amide bonds. The zero-order valence-corrected chi connectivity index (χ0v) is 10.2. The molecular formula is C11H9BrN4. The lowest BCUT2D eigenvalue weighted by Crippen LogP contribution is -1.95. The minimum Gasteiger partial charge on any atom is -0.360 e. The lowest BCUT2D eigenvalue weighted by molar-refractivity contribution is 0.804. The molecule has 16 heavy (non-hydrogen) atoms. The Hall–Kier alpha value is -1.62. The number of rotatable bonds is 1. The number of hydrogen-bond donors (Lipinski definition) is 1. The van der Waals surface area contributed by atoms with E-state index in [0.717, 1.165) is 15.7 Å². The summed E-state index contributed by atoms with van der Waals surface area (Å²) in [5.41, 5.74) is 3.33. The van der Waals surface area contributed by atoms with E-state index in [9.17, 15) is 0 Å². The summed E-state index contributed by atoms with van der Waals surface area (Å²) in [5.74, 6) is 0. The first-order valence-corrected chi connectivity index (χ1v) is 5.69. The molecule has 0 fully saturated rings. The van der Waals surface area contributed by atoms with Gasteiger partial charge in [-0.1, -0.05) is 5.21 Å². The molecule has 3 rings (SSSR count). The van der Waals surface area contributed by atoms with Crippen molar-refractivity contribution in [3.8, 4) is 5.69 Å². The van der Waals surface area contributed by atoms with Crippen LogP contribution in [-0.4, -0.2) is 20.0 Å². The molecule has 0 saturated carbocycles. The molecule has 4 nitrogen and oxygen atoms in total. The summed E-state index contributed by atoms with van der Waals surface area (Å²) in [7, 11) is 0. The highest BCUT2D eigenvalue weighted by Crippen LogP contribution is 2.28. The standard InChI is InChI=1S/C11H9BrN4/c1-7-6-13-11-9(7)4-8(5-10(11)12)16-3-2-14-15-16/h2-6,13H,1H3. The highest BCUT2D eigenvalue weighted by molar-refractivity contribution is 9.10. The van der Waals surface area contributed by atoms with E-state index in [-0.39, 0.29) is 0 Å². The summed E-state index contributed by atoms with van der Waals surface area (Å²) in [6, 6.07) is 4.12. The molecule has 1 N–H and O–H groups in total. The number of halogens is 1. The molecule has 3 aromatic rings. The molecule has 0 bridgehead atoms. The topological polar surface area (TPSA) is 46.5 Å². The molecule has 2 aromatic heterocycles. The van der Waals surface area contributed by atoms with Gasteiger partial charge in [-0.25, -0.2) is 4.68 Å². The van der Waals surface area contributed by atoms with Crippen molar-refractivity contribution >= 4 is 26.8 Å². The number of aromatic nitrogens is 4. The van der Waals surface area contributed by atoms with Crippen LogP contribution in [0.2, 0.25) is 0 Å². The molecule has 0 aliphatic carbocycles. The van der Waals surface area contributed by atoms with Gasteiger partial charge in [0, 0.05) is 16.1 Å². The van der Waals surface area contributed by atoms with Crippen molar-refractivity contribution in [2.45, 2.75) is 6.92 Å². The Morgan fingerprint density at radius 3 is 3.00 bits per heavy atom. The van der Waals surface area contributed by atoms with Gasteiger partial charge in [0.25, 0.3) is 0 Å². The third-order valence-corrected chi connectivity index (χ3v) is 3.25. The van der Waals surface area contributed by atoms with Gasteiger partial charge in [-0.05, 0) is 40.5 Å². The molecule has 0 aliphatic heterocycles. The quantitative estimate of drug-likeness (QED) is 0.743. The van der Waals surface area contributed by atoms with Gasteiger partial charge in [-0.3, -0.25) is 0 Å². The maximum atomic E-state index is 3.98. The molecule has 0 aliphatic rings. The predicted octanol–water partition coefficient (Wildman–Crippen LogP) is 2.82. The monoisotopic (exact) mass is 276 g/mol. The number of nitrogens with one attached hydrogen (secondary N) is 1. The predicted molar refractivity (Wildman–Crippen MR) is 65.7 cm³/mol. The van der Waals surface area contributed by atoms with Gasteiger partial charge in [0.05, 0.1) is 23.6 Å². The second-order valence-electron chi connectivity index (χ2n) is 3.67. The van der Waals surface area contributed by atoms with E-state index < -0.39 is 0 Å². The number of benzene rings is 1. The largest absolute Gasteiger partial charge is 0.360 e. The van der Waals surface area contributed by atoms with Crippen LogP contribution in [0.4, 0.5) is 0 Å². The van der Waals surface area contributed by atoms with Crippen molar-refractivity contribution in [1.29, 1.82) is 0 Å². The van der Waals surface area contributed by atoms with E-state index in [1.54, 1.807) is 10.9 Å². The fraction of sp³-hybridized carbons (Fsp3) is 0.0909. The fourth-order valence-corrected chi connectivity index (χ4v) is 2.35. The van der Waals surface area contributed by atoms with Gasteiger partial charge < -0.3 is 4.98 Å². The molecule has 80 valence electrons. The van der Waals surface area contributed by atoms with Crippen LogP contribution >= 0.6 is 15.9 Å². The lowest BCUT2D eigenvalue weighted by Gasteiger charge is -2.03. The number of nitrogens with zero attached hydrogens (tertiary/aromatic N) is 3. The third kappa shape index (κ3) is 1.36. The van der Waals surface area contributed by atoms with Gasteiger partial charge in [-0.15, -0.1) is 5.10 Å². The number of fused-ring (bicyclic) bond motifs is 1. The van der Waals surface area contributed by atoms with E-state index in [4.69, 9.17) is 0 Å². The van der Waals surface area contributed by atoms with Crippen LogP contribution in [0.15, 0.2) is 35.2 Å². The van der Waals surface area contributed by atoms with Gasteiger partial charge in [0.2, 0.25) is 0 Å². The number of aromatic amines is 1. The van der Waals surface area contributed by atoms with Crippen molar-refractivity contribution in [3.05, 3.63) is 40.8 Å². The Morgan fingerprint density at radius 1 is 1.38 bits per heavy atom. The van der Waals surface area contributed by atoms with Crippen LogP contribution in [0.1, 0.15) is 5.56 Å². The average Bonchev–Trinajstić information content (AvgIpc) is 2.88. The first-order valence-electron chi connectivity index (χ1n) is 4.89. The van der Waals surface area contributed by atoms with Gasteiger partial charge in [0.15, 0.2) is 0 Å². The van der Waals surface area contributed by atoms with Crippen LogP contribution in [0.25, 0.3) is 16.6 Å². The van der Waals surface area contributed by atoms with Gasteiger partial charge in [-0.2, -0.15) is 0 Å². The van der Waals surface area contributed by atoms with Gasteiger partial charge in [0.1, 0.15) is 0 Å². The minimum atomic E-state index is 1.000. The number of H-pyrrole nitrogens is 1. The van der Waals surface area contributed by atoms with Crippen molar-refractivity contribution in [2.24, 2.45) is 0 Å². The van der Waals surface area contributed by atoms with Crippen molar-refractivity contribution in [1.82, 2.24) is 20.0 Å². The first-order chi connectivity index (χ1) is 7.75. The SMILES string of the molecule is Cc1c[nH]c2c(Br)cc(-n3ccnn3)cc12. The summed E-state index contributed by atoms with van der Waals surface area (Å²) < 4.78 is 2.78. The van der Waals surface area contributed by atoms with Crippen molar-refractivity contribution < 1.29 is 0 Å². The molecule has 1 aromatic carbocycles. The minimum absolute atomic E-state index is 1.000. The highest BCUT2D eigenvalue weighted by atomic mass is 79.9. The Morgan fingerprint density at radius 2 is 2.25 bits per heavy atom. The van der Waals surface area contributed by atoms with Crippen LogP contribution in [0, 0.1) is 6.92 Å². The van der Waals surface area contributed by atoms with E-state index in [1.165, 1.54) is 10.9 Å². The third-order valence-electron chi connectivity index (χ3n) is 2.62. The lowest BCUT2D eigenvalue weighted by atomic mass is 10.2. The van der Waals surface area contributed by atoms with E-state index in [1.807, 2.05) is 18.5 Å². The number of aryl methyl sites for hydroxylation is 1. The Labute approximate surface area is 100 Å². The summed E-state index contributed by atoms with van der Waals surface area (Å²) in [4.78, 5) is 3.24. The van der Waals surface area contributed by atoms with Crippen LogP contribution in [-0.2, 0) is 0 Å².